The number of amides is 1. The van der Waals surface area contributed by atoms with Crippen molar-refractivity contribution in [2.75, 3.05) is 11.4 Å². The number of pyridine rings is 1. The Balaban J connectivity index is 1.73. The lowest BCUT2D eigenvalue weighted by molar-refractivity contribution is -0.117. The van der Waals surface area contributed by atoms with E-state index in [-0.39, 0.29) is 10.7 Å². The molecule has 20 heavy (non-hydrogen) atoms. The highest BCUT2D eigenvalue weighted by Crippen LogP contribution is 2.28. The molecule has 1 amide bonds. The van der Waals surface area contributed by atoms with E-state index in [9.17, 15) is 4.79 Å². The van der Waals surface area contributed by atoms with Gasteiger partial charge in [-0.25, -0.2) is 0 Å². The number of hydrogen-bond acceptors (Lipinski definition) is 3. The zero-order chi connectivity index (χ0) is 13.9. The fourth-order valence-electron chi connectivity index (χ4n) is 2.15. The summed E-state index contributed by atoms with van der Waals surface area (Å²) in [6.07, 6.45) is 3.91. The van der Waals surface area contributed by atoms with E-state index in [1.165, 1.54) is 0 Å². The zero-order valence-corrected chi connectivity index (χ0v) is 12.3. The van der Waals surface area contributed by atoms with E-state index in [0.29, 0.717) is 18.7 Å². The standard InChI is InChI=1S/C15H13BrN2O2/c16-11-8-15(19)18(10-11)12-3-5-13(6-4-12)20-14-2-1-7-17-9-14/h1-7,9,11H,8,10H2. The molecular weight excluding hydrogens is 320 g/mol. The van der Waals surface area contributed by atoms with Gasteiger partial charge in [0.15, 0.2) is 0 Å². The first-order valence-electron chi connectivity index (χ1n) is 6.35. The third-order valence-corrected chi connectivity index (χ3v) is 3.71. The summed E-state index contributed by atoms with van der Waals surface area (Å²) in [6, 6.07) is 11.2. The van der Waals surface area contributed by atoms with Gasteiger partial charge in [0.2, 0.25) is 5.91 Å². The van der Waals surface area contributed by atoms with Crippen LogP contribution in [0.1, 0.15) is 6.42 Å². The molecule has 1 aromatic heterocycles. The molecule has 4 nitrogen and oxygen atoms in total. The second kappa shape index (κ2) is 5.63. The molecule has 1 aliphatic rings. The lowest BCUT2D eigenvalue weighted by atomic mass is 10.3. The summed E-state index contributed by atoms with van der Waals surface area (Å²) < 4.78 is 5.67. The molecule has 1 atom stereocenters. The van der Waals surface area contributed by atoms with E-state index in [1.807, 2.05) is 36.4 Å². The van der Waals surface area contributed by atoms with Crippen LogP contribution >= 0.6 is 15.9 Å². The highest BCUT2D eigenvalue weighted by Gasteiger charge is 2.28. The average Bonchev–Trinajstić information content (AvgIpc) is 2.80. The molecule has 1 aromatic carbocycles. The Labute approximate surface area is 125 Å². The Kier molecular flexibility index (Phi) is 3.69. The Morgan fingerprint density at radius 1 is 1.20 bits per heavy atom. The molecule has 2 heterocycles. The molecule has 2 aromatic rings. The SMILES string of the molecule is O=C1CC(Br)CN1c1ccc(Oc2cccnc2)cc1. The number of carbonyl (C=O) groups is 1. The summed E-state index contributed by atoms with van der Waals surface area (Å²) >= 11 is 3.48. The largest absolute Gasteiger partial charge is 0.456 e. The molecule has 0 saturated carbocycles. The van der Waals surface area contributed by atoms with Gasteiger partial charge in [-0.2, -0.15) is 0 Å². The predicted molar refractivity (Wildman–Crippen MR) is 80.4 cm³/mol. The number of anilines is 1. The number of rotatable bonds is 3. The quantitative estimate of drug-likeness (QED) is 0.809. The van der Waals surface area contributed by atoms with Crippen LogP contribution in [0.15, 0.2) is 48.8 Å². The van der Waals surface area contributed by atoms with Gasteiger partial charge in [0.05, 0.1) is 6.20 Å². The predicted octanol–water partition coefficient (Wildman–Crippen LogP) is 3.37. The highest BCUT2D eigenvalue weighted by molar-refractivity contribution is 9.09. The Hall–Kier alpha value is -1.88. The fraction of sp³-hybridized carbons (Fsp3) is 0.200. The number of aromatic nitrogens is 1. The highest BCUT2D eigenvalue weighted by atomic mass is 79.9. The van der Waals surface area contributed by atoms with Crippen molar-refractivity contribution in [3.05, 3.63) is 48.8 Å². The summed E-state index contributed by atoms with van der Waals surface area (Å²) in [6.45, 7) is 0.710. The minimum absolute atomic E-state index is 0.146. The van der Waals surface area contributed by atoms with Crippen LogP contribution in [0, 0.1) is 0 Å². The molecule has 1 unspecified atom stereocenters. The first-order valence-corrected chi connectivity index (χ1v) is 7.26. The molecule has 0 radical (unpaired) electrons. The molecule has 0 aliphatic carbocycles. The Morgan fingerprint density at radius 2 is 2.00 bits per heavy atom. The minimum Gasteiger partial charge on any atom is -0.456 e. The number of hydrogen-bond donors (Lipinski definition) is 0. The molecule has 5 heteroatoms. The summed E-state index contributed by atoms with van der Waals surface area (Å²) in [5.74, 6) is 1.56. The lowest BCUT2D eigenvalue weighted by Gasteiger charge is -2.16. The van der Waals surface area contributed by atoms with Gasteiger partial charge in [-0.3, -0.25) is 9.78 Å². The van der Waals surface area contributed by atoms with E-state index in [2.05, 4.69) is 20.9 Å². The number of carbonyl (C=O) groups excluding carboxylic acids is 1. The second-order valence-electron chi connectivity index (χ2n) is 4.59. The van der Waals surface area contributed by atoms with Crippen molar-refractivity contribution in [1.82, 2.24) is 4.98 Å². The first kappa shape index (κ1) is 13.1. The minimum atomic E-state index is 0.146. The monoisotopic (exact) mass is 332 g/mol. The summed E-state index contributed by atoms with van der Waals surface area (Å²) in [5.41, 5.74) is 0.899. The van der Waals surface area contributed by atoms with Crippen molar-refractivity contribution in [2.45, 2.75) is 11.2 Å². The molecule has 1 aliphatic heterocycles. The maximum atomic E-state index is 11.8. The maximum Gasteiger partial charge on any atom is 0.228 e. The average molecular weight is 333 g/mol. The van der Waals surface area contributed by atoms with Gasteiger partial charge < -0.3 is 9.64 Å². The van der Waals surface area contributed by atoms with E-state index >= 15 is 0 Å². The normalized spacial score (nSPS) is 18.4. The van der Waals surface area contributed by atoms with E-state index in [1.54, 1.807) is 17.3 Å². The number of halogens is 1. The number of benzene rings is 1. The van der Waals surface area contributed by atoms with Crippen LogP contribution < -0.4 is 9.64 Å². The van der Waals surface area contributed by atoms with Crippen molar-refractivity contribution < 1.29 is 9.53 Å². The third-order valence-electron chi connectivity index (χ3n) is 3.10. The van der Waals surface area contributed by atoms with Gasteiger partial charge in [-0.05, 0) is 36.4 Å². The first-order chi connectivity index (χ1) is 9.72. The maximum absolute atomic E-state index is 11.8. The summed E-state index contributed by atoms with van der Waals surface area (Å²) in [5, 5.41) is 0. The number of alkyl halides is 1. The molecular formula is C15H13BrN2O2. The smallest absolute Gasteiger partial charge is 0.228 e. The van der Waals surface area contributed by atoms with Crippen LogP contribution in [0.25, 0.3) is 0 Å². The fourth-order valence-corrected chi connectivity index (χ4v) is 2.72. The van der Waals surface area contributed by atoms with Crippen molar-refractivity contribution in [1.29, 1.82) is 0 Å². The molecule has 0 spiro atoms. The Bertz CT molecular complexity index is 601. The Morgan fingerprint density at radius 3 is 2.60 bits per heavy atom. The van der Waals surface area contributed by atoms with Gasteiger partial charge in [0.25, 0.3) is 0 Å². The van der Waals surface area contributed by atoms with Crippen molar-refractivity contribution in [2.24, 2.45) is 0 Å². The van der Waals surface area contributed by atoms with Crippen LogP contribution in [0.3, 0.4) is 0 Å². The number of ether oxygens (including phenoxy) is 1. The van der Waals surface area contributed by atoms with Gasteiger partial charge in [-0.1, -0.05) is 15.9 Å². The van der Waals surface area contributed by atoms with Crippen LogP contribution in [0.5, 0.6) is 11.5 Å². The molecule has 1 fully saturated rings. The van der Waals surface area contributed by atoms with Crippen molar-refractivity contribution in [3.63, 3.8) is 0 Å². The summed E-state index contributed by atoms with van der Waals surface area (Å²) in [7, 11) is 0. The van der Waals surface area contributed by atoms with E-state index in [0.717, 1.165) is 11.4 Å². The number of nitrogens with zero attached hydrogens (tertiary/aromatic N) is 2. The van der Waals surface area contributed by atoms with Gasteiger partial charge in [0, 0.05) is 29.7 Å². The van der Waals surface area contributed by atoms with Crippen molar-refractivity contribution >= 4 is 27.5 Å². The molecule has 0 N–H and O–H groups in total. The van der Waals surface area contributed by atoms with Crippen LogP contribution in [-0.2, 0) is 4.79 Å². The van der Waals surface area contributed by atoms with Crippen LogP contribution in [0.4, 0.5) is 5.69 Å². The molecule has 102 valence electrons. The topological polar surface area (TPSA) is 42.4 Å². The lowest BCUT2D eigenvalue weighted by Crippen LogP contribution is -2.24. The van der Waals surface area contributed by atoms with Crippen LogP contribution in [0.2, 0.25) is 0 Å². The van der Waals surface area contributed by atoms with Gasteiger partial charge in [0.1, 0.15) is 11.5 Å². The zero-order valence-electron chi connectivity index (χ0n) is 10.7. The van der Waals surface area contributed by atoms with Crippen LogP contribution in [-0.4, -0.2) is 22.3 Å². The third kappa shape index (κ3) is 2.82. The van der Waals surface area contributed by atoms with Crippen molar-refractivity contribution in [3.8, 4) is 11.5 Å². The molecule has 1 saturated heterocycles. The van der Waals surface area contributed by atoms with Gasteiger partial charge >= 0.3 is 0 Å². The molecule has 0 bridgehead atoms. The van der Waals surface area contributed by atoms with E-state index in [4.69, 9.17) is 4.74 Å². The van der Waals surface area contributed by atoms with E-state index < -0.39 is 0 Å². The van der Waals surface area contributed by atoms with Gasteiger partial charge in [-0.15, -0.1) is 0 Å². The molecule has 3 rings (SSSR count). The summed E-state index contributed by atoms with van der Waals surface area (Å²) in [4.78, 5) is 17.8. The second-order valence-corrected chi connectivity index (χ2v) is 5.89.